The van der Waals surface area contributed by atoms with E-state index in [-0.39, 0.29) is 24.2 Å². The summed E-state index contributed by atoms with van der Waals surface area (Å²) >= 11 is 0. The molecular formula is C20H19FN2O3. The van der Waals surface area contributed by atoms with Crippen LogP contribution < -0.4 is 10.9 Å². The summed E-state index contributed by atoms with van der Waals surface area (Å²) in [6, 6.07) is 12.0. The number of hydrogen-bond donors (Lipinski definition) is 2. The molecule has 1 aromatic heterocycles. The molecule has 0 saturated heterocycles. The summed E-state index contributed by atoms with van der Waals surface area (Å²) in [5.41, 5.74) is 0.512. The Morgan fingerprint density at radius 2 is 1.96 bits per heavy atom. The van der Waals surface area contributed by atoms with Crippen molar-refractivity contribution in [2.75, 3.05) is 0 Å². The number of nitrogens with one attached hydrogen (secondary N) is 1. The van der Waals surface area contributed by atoms with Gasteiger partial charge in [-0.05, 0) is 49.6 Å². The fraction of sp³-hybridized carbons (Fsp3) is 0.200. The molecular weight excluding hydrogens is 335 g/mol. The minimum absolute atomic E-state index is 0.0358. The molecule has 134 valence electrons. The number of fused-ring (bicyclic) bond motifs is 1. The second-order valence-corrected chi connectivity index (χ2v) is 6.42. The average Bonchev–Trinajstić information content (AvgIpc) is 2.57. The first kappa shape index (κ1) is 17.7. The van der Waals surface area contributed by atoms with E-state index in [0.717, 1.165) is 0 Å². The molecule has 0 spiro atoms. The molecule has 26 heavy (non-hydrogen) atoms. The number of halogens is 1. The third-order valence-electron chi connectivity index (χ3n) is 3.97. The lowest BCUT2D eigenvalue weighted by Crippen LogP contribution is -2.36. The number of amides is 1. The van der Waals surface area contributed by atoms with Crippen LogP contribution in [-0.4, -0.2) is 21.6 Å². The Morgan fingerprint density at radius 3 is 2.65 bits per heavy atom. The Balaban J connectivity index is 2.23. The highest BCUT2D eigenvalue weighted by molar-refractivity contribution is 5.87. The highest BCUT2D eigenvalue weighted by Crippen LogP contribution is 2.25. The molecule has 2 aromatic carbocycles. The van der Waals surface area contributed by atoms with Gasteiger partial charge in [-0.2, -0.15) is 0 Å². The number of aromatic nitrogens is 1. The lowest BCUT2D eigenvalue weighted by atomic mass is 10.1. The maximum absolute atomic E-state index is 13.7. The van der Waals surface area contributed by atoms with Crippen molar-refractivity contribution in [3.05, 3.63) is 64.7 Å². The predicted molar refractivity (Wildman–Crippen MR) is 98.5 cm³/mol. The number of aromatic hydroxyl groups is 1. The topological polar surface area (TPSA) is 71.3 Å². The van der Waals surface area contributed by atoms with Gasteiger partial charge in [0, 0.05) is 11.6 Å². The molecule has 0 saturated carbocycles. The largest absolute Gasteiger partial charge is 0.508 e. The summed E-state index contributed by atoms with van der Waals surface area (Å²) in [6.07, 6.45) is 0. The van der Waals surface area contributed by atoms with E-state index in [1.54, 1.807) is 24.3 Å². The number of benzene rings is 2. The minimum atomic E-state index is -0.432. The molecule has 2 N–H and O–H groups in total. The number of nitrogens with zero attached hydrogens (tertiary/aromatic N) is 1. The summed E-state index contributed by atoms with van der Waals surface area (Å²) < 4.78 is 15.0. The maximum Gasteiger partial charge on any atom is 0.259 e. The molecule has 0 aliphatic rings. The van der Waals surface area contributed by atoms with Crippen LogP contribution in [0.15, 0.2) is 53.3 Å². The third-order valence-corrected chi connectivity index (χ3v) is 3.97. The molecule has 0 unspecified atom stereocenters. The van der Waals surface area contributed by atoms with Crippen molar-refractivity contribution in [2.24, 2.45) is 0 Å². The Morgan fingerprint density at radius 1 is 1.19 bits per heavy atom. The van der Waals surface area contributed by atoms with E-state index in [0.29, 0.717) is 22.0 Å². The first-order chi connectivity index (χ1) is 12.3. The monoisotopic (exact) mass is 354 g/mol. The number of carbonyl (C=O) groups is 1. The van der Waals surface area contributed by atoms with Gasteiger partial charge in [-0.15, -0.1) is 0 Å². The summed E-state index contributed by atoms with van der Waals surface area (Å²) in [4.78, 5) is 25.2. The van der Waals surface area contributed by atoms with Crippen molar-refractivity contribution in [2.45, 2.75) is 26.4 Å². The molecule has 3 aromatic rings. The number of phenols is 1. The van der Waals surface area contributed by atoms with Gasteiger partial charge in [-0.1, -0.05) is 18.2 Å². The van der Waals surface area contributed by atoms with E-state index in [9.17, 15) is 19.1 Å². The fourth-order valence-electron chi connectivity index (χ4n) is 2.89. The second-order valence-electron chi connectivity index (χ2n) is 6.42. The quantitative estimate of drug-likeness (QED) is 0.756. The lowest BCUT2D eigenvalue weighted by molar-refractivity contribution is -0.122. The summed E-state index contributed by atoms with van der Waals surface area (Å²) in [5.74, 6) is -0.788. The van der Waals surface area contributed by atoms with Crippen LogP contribution in [0.25, 0.3) is 22.0 Å². The standard InChI is InChI=1S/C20H19FN2O3/c1-12(2)22-19(25)11-23-18(14-4-3-5-15(21)8-14)9-13-6-7-16(24)10-17(13)20(23)26/h3-10,12,24H,11H2,1-2H3,(H,22,25). The van der Waals surface area contributed by atoms with Crippen molar-refractivity contribution >= 4 is 16.7 Å². The molecule has 0 atom stereocenters. The molecule has 0 aliphatic carbocycles. The Hall–Kier alpha value is -3.15. The van der Waals surface area contributed by atoms with Gasteiger partial charge in [0.15, 0.2) is 0 Å². The third kappa shape index (κ3) is 3.59. The van der Waals surface area contributed by atoms with Crippen LogP contribution in [0.2, 0.25) is 0 Å². The lowest BCUT2D eigenvalue weighted by Gasteiger charge is -2.16. The smallest absolute Gasteiger partial charge is 0.259 e. The van der Waals surface area contributed by atoms with E-state index < -0.39 is 11.4 Å². The normalized spacial score (nSPS) is 11.1. The zero-order valence-corrected chi connectivity index (χ0v) is 14.5. The molecule has 6 heteroatoms. The molecule has 0 radical (unpaired) electrons. The van der Waals surface area contributed by atoms with Gasteiger partial charge in [0.25, 0.3) is 5.56 Å². The zero-order chi connectivity index (χ0) is 18.8. The van der Waals surface area contributed by atoms with Crippen LogP contribution in [0.1, 0.15) is 13.8 Å². The highest BCUT2D eigenvalue weighted by atomic mass is 19.1. The van der Waals surface area contributed by atoms with Gasteiger partial charge in [0.05, 0.1) is 11.1 Å². The van der Waals surface area contributed by atoms with Crippen molar-refractivity contribution in [1.82, 2.24) is 9.88 Å². The molecule has 0 fully saturated rings. The van der Waals surface area contributed by atoms with Gasteiger partial charge >= 0.3 is 0 Å². The van der Waals surface area contributed by atoms with Crippen molar-refractivity contribution in [3.8, 4) is 17.0 Å². The van der Waals surface area contributed by atoms with Crippen molar-refractivity contribution in [1.29, 1.82) is 0 Å². The fourth-order valence-corrected chi connectivity index (χ4v) is 2.89. The highest BCUT2D eigenvalue weighted by Gasteiger charge is 2.15. The predicted octanol–water partition coefficient (Wildman–Crippen LogP) is 3.04. The number of phenolic OH excluding ortho intramolecular Hbond substituents is 1. The number of hydrogen-bond acceptors (Lipinski definition) is 3. The van der Waals surface area contributed by atoms with Gasteiger partial charge in [-0.3, -0.25) is 14.2 Å². The van der Waals surface area contributed by atoms with Crippen molar-refractivity contribution in [3.63, 3.8) is 0 Å². The van der Waals surface area contributed by atoms with Gasteiger partial charge in [-0.25, -0.2) is 4.39 Å². The molecule has 1 heterocycles. The summed E-state index contributed by atoms with van der Waals surface area (Å²) in [6.45, 7) is 3.45. The van der Waals surface area contributed by atoms with Crippen LogP contribution in [-0.2, 0) is 11.3 Å². The van der Waals surface area contributed by atoms with Crippen LogP contribution in [0.4, 0.5) is 4.39 Å². The Bertz CT molecular complexity index is 1040. The summed E-state index contributed by atoms with van der Waals surface area (Å²) in [7, 11) is 0. The van der Waals surface area contributed by atoms with E-state index in [2.05, 4.69) is 5.32 Å². The summed E-state index contributed by atoms with van der Waals surface area (Å²) in [5, 5.41) is 13.3. The van der Waals surface area contributed by atoms with E-state index in [4.69, 9.17) is 0 Å². The van der Waals surface area contributed by atoms with Crippen LogP contribution in [0.3, 0.4) is 0 Å². The Labute approximate surface area is 149 Å². The molecule has 5 nitrogen and oxygen atoms in total. The first-order valence-electron chi connectivity index (χ1n) is 8.27. The van der Waals surface area contributed by atoms with Crippen LogP contribution >= 0.6 is 0 Å². The van der Waals surface area contributed by atoms with Crippen molar-refractivity contribution < 1.29 is 14.3 Å². The zero-order valence-electron chi connectivity index (χ0n) is 14.5. The van der Waals surface area contributed by atoms with Crippen LogP contribution in [0.5, 0.6) is 5.75 Å². The second kappa shape index (κ2) is 7.00. The number of rotatable bonds is 4. The number of pyridine rings is 1. The minimum Gasteiger partial charge on any atom is -0.508 e. The average molecular weight is 354 g/mol. The van der Waals surface area contributed by atoms with Crippen LogP contribution in [0, 0.1) is 5.82 Å². The van der Waals surface area contributed by atoms with Gasteiger partial charge in [0.1, 0.15) is 18.1 Å². The van der Waals surface area contributed by atoms with E-state index >= 15 is 0 Å². The first-order valence-corrected chi connectivity index (χ1v) is 8.27. The molecule has 1 amide bonds. The SMILES string of the molecule is CC(C)NC(=O)Cn1c(-c2cccc(F)c2)cc2ccc(O)cc2c1=O. The maximum atomic E-state index is 13.7. The molecule has 0 aliphatic heterocycles. The molecule has 3 rings (SSSR count). The Kier molecular flexibility index (Phi) is 4.75. The number of carbonyl (C=O) groups excluding carboxylic acids is 1. The molecule has 0 bridgehead atoms. The van der Waals surface area contributed by atoms with E-state index in [1.807, 2.05) is 13.8 Å². The van der Waals surface area contributed by atoms with Gasteiger partial charge in [0.2, 0.25) is 5.91 Å². The van der Waals surface area contributed by atoms with E-state index in [1.165, 1.54) is 28.8 Å². The van der Waals surface area contributed by atoms with Gasteiger partial charge < -0.3 is 10.4 Å².